The summed E-state index contributed by atoms with van der Waals surface area (Å²) >= 11 is 0. The fraction of sp³-hybridized carbons (Fsp3) is 0.400. The molecule has 1 unspecified atom stereocenters. The zero-order chi connectivity index (χ0) is 17.3. The van der Waals surface area contributed by atoms with Crippen LogP contribution in [-0.4, -0.2) is 31.8 Å². The van der Waals surface area contributed by atoms with Crippen molar-refractivity contribution in [1.82, 2.24) is 20.1 Å². The van der Waals surface area contributed by atoms with Gasteiger partial charge in [0.2, 0.25) is 0 Å². The van der Waals surface area contributed by atoms with Crippen LogP contribution in [0.15, 0.2) is 18.5 Å². The third-order valence-electron chi connectivity index (χ3n) is 4.13. The Bertz CT molecular complexity index is 801. The number of carbonyl (C=O) groups is 1. The van der Waals surface area contributed by atoms with Crippen LogP contribution < -0.4 is 10.6 Å². The molecule has 2 N–H and O–H groups in total. The monoisotopic (exact) mass is 330 g/mol. The number of nitro groups is 1. The fourth-order valence-corrected chi connectivity index (χ4v) is 2.83. The standard InChI is InChI=1S/C15H18N6O3/c1-9-6-13(21(23)24)10(2)5-12(9)19-15(22)18-11-3-4-14-16-8-17-20(14)7-11/h5-6,8,11H,3-4,7H2,1-2H3,(H2,18,19,22). The second kappa shape index (κ2) is 6.26. The molecule has 0 saturated heterocycles. The molecule has 1 atom stereocenters. The first kappa shape index (κ1) is 15.9. The molecule has 1 aromatic heterocycles. The van der Waals surface area contributed by atoms with Crippen molar-refractivity contribution in [2.24, 2.45) is 0 Å². The Labute approximate surface area is 138 Å². The maximum atomic E-state index is 12.2. The van der Waals surface area contributed by atoms with Gasteiger partial charge in [0.1, 0.15) is 12.2 Å². The van der Waals surface area contributed by atoms with Crippen molar-refractivity contribution in [2.75, 3.05) is 5.32 Å². The molecule has 126 valence electrons. The quantitative estimate of drug-likeness (QED) is 0.659. The van der Waals surface area contributed by atoms with Gasteiger partial charge in [-0.2, -0.15) is 5.10 Å². The molecule has 2 heterocycles. The number of nitrogens with one attached hydrogen (secondary N) is 2. The summed E-state index contributed by atoms with van der Waals surface area (Å²) in [6.07, 6.45) is 3.08. The van der Waals surface area contributed by atoms with Crippen LogP contribution in [0, 0.1) is 24.0 Å². The molecule has 9 nitrogen and oxygen atoms in total. The summed E-state index contributed by atoms with van der Waals surface area (Å²) in [5, 5.41) is 20.7. The van der Waals surface area contributed by atoms with Gasteiger partial charge in [-0.3, -0.25) is 10.1 Å². The van der Waals surface area contributed by atoms with Crippen LogP contribution in [0.5, 0.6) is 0 Å². The molecule has 1 aromatic carbocycles. The number of fused-ring (bicyclic) bond motifs is 1. The number of nitro benzene ring substituents is 1. The number of hydrogen-bond acceptors (Lipinski definition) is 5. The molecule has 2 aromatic rings. The predicted octanol–water partition coefficient (Wildman–Crippen LogP) is 1.94. The maximum absolute atomic E-state index is 12.2. The molecule has 24 heavy (non-hydrogen) atoms. The number of benzene rings is 1. The Morgan fingerprint density at radius 3 is 2.92 bits per heavy atom. The van der Waals surface area contributed by atoms with E-state index < -0.39 is 4.92 Å². The first-order valence-electron chi connectivity index (χ1n) is 7.64. The first-order chi connectivity index (χ1) is 11.4. The van der Waals surface area contributed by atoms with E-state index in [0.717, 1.165) is 18.7 Å². The molecule has 0 radical (unpaired) electrons. The molecule has 0 fully saturated rings. The molecule has 3 rings (SSSR count). The number of rotatable bonds is 3. The number of amides is 2. The Morgan fingerprint density at radius 1 is 1.38 bits per heavy atom. The lowest BCUT2D eigenvalue weighted by molar-refractivity contribution is -0.385. The summed E-state index contributed by atoms with van der Waals surface area (Å²) < 4.78 is 1.79. The van der Waals surface area contributed by atoms with Crippen molar-refractivity contribution in [2.45, 2.75) is 39.3 Å². The van der Waals surface area contributed by atoms with Crippen molar-refractivity contribution in [1.29, 1.82) is 0 Å². The number of aryl methyl sites for hydroxylation is 3. The van der Waals surface area contributed by atoms with Gasteiger partial charge in [0, 0.05) is 23.7 Å². The smallest absolute Gasteiger partial charge is 0.319 e. The Balaban J connectivity index is 1.65. The lowest BCUT2D eigenvalue weighted by Crippen LogP contribution is -2.43. The van der Waals surface area contributed by atoms with Crippen molar-refractivity contribution in [3.8, 4) is 0 Å². The summed E-state index contributed by atoms with van der Waals surface area (Å²) in [7, 11) is 0. The first-order valence-corrected chi connectivity index (χ1v) is 7.64. The Kier molecular flexibility index (Phi) is 4.15. The average Bonchev–Trinajstić information content (AvgIpc) is 2.97. The second-order valence-corrected chi connectivity index (χ2v) is 5.90. The van der Waals surface area contributed by atoms with E-state index >= 15 is 0 Å². The van der Waals surface area contributed by atoms with Gasteiger partial charge in [-0.25, -0.2) is 14.5 Å². The van der Waals surface area contributed by atoms with Crippen LogP contribution in [-0.2, 0) is 13.0 Å². The van der Waals surface area contributed by atoms with E-state index in [-0.39, 0.29) is 17.8 Å². The fourth-order valence-electron chi connectivity index (χ4n) is 2.83. The molecule has 1 aliphatic heterocycles. The SMILES string of the molecule is Cc1cc([N+](=O)[O-])c(C)cc1NC(=O)NC1CCc2ncnn2C1. The van der Waals surface area contributed by atoms with Gasteiger partial charge in [0.05, 0.1) is 17.5 Å². The summed E-state index contributed by atoms with van der Waals surface area (Å²) in [4.78, 5) is 26.9. The van der Waals surface area contributed by atoms with Gasteiger partial charge in [-0.15, -0.1) is 0 Å². The van der Waals surface area contributed by atoms with E-state index in [9.17, 15) is 14.9 Å². The van der Waals surface area contributed by atoms with Crippen molar-refractivity contribution in [3.05, 3.63) is 45.5 Å². The van der Waals surface area contributed by atoms with Gasteiger partial charge in [0.25, 0.3) is 5.69 Å². The normalized spacial score (nSPS) is 16.3. The molecule has 0 aliphatic carbocycles. The second-order valence-electron chi connectivity index (χ2n) is 5.90. The largest absolute Gasteiger partial charge is 0.333 e. The lowest BCUT2D eigenvalue weighted by atomic mass is 10.1. The Morgan fingerprint density at radius 2 is 2.17 bits per heavy atom. The Hall–Kier alpha value is -2.97. The van der Waals surface area contributed by atoms with Crippen molar-refractivity contribution < 1.29 is 9.72 Å². The number of aromatic nitrogens is 3. The van der Waals surface area contributed by atoms with E-state index in [2.05, 4.69) is 20.7 Å². The van der Waals surface area contributed by atoms with Crippen LogP contribution in [0.3, 0.4) is 0 Å². The molecule has 0 saturated carbocycles. The van der Waals surface area contributed by atoms with Crippen LogP contribution in [0.25, 0.3) is 0 Å². The highest BCUT2D eigenvalue weighted by Gasteiger charge is 2.22. The van der Waals surface area contributed by atoms with Crippen LogP contribution >= 0.6 is 0 Å². The summed E-state index contributed by atoms with van der Waals surface area (Å²) in [5.74, 6) is 0.926. The minimum Gasteiger partial charge on any atom is -0.333 e. The van der Waals surface area contributed by atoms with Crippen LogP contribution in [0.2, 0.25) is 0 Å². The van der Waals surface area contributed by atoms with E-state index in [4.69, 9.17) is 0 Å². The number of hydrogen-bond donors (Lipinski definition) is 2. The zero-order valence-electron chi connectivity index (χ0n) is 13.4. The van der Waals surface area contributed by atoms with E-state index in [1.54, 1.807) is 24.6 Å². The molecule has 2 amide bonds. The van der Waals surface area contributed by atoms with E-state index in [1.807, 2.05) is 0 Å². The molecule has 1 aliphatic rings. The molecule has 9 heteroatoms. The van der Waals surface area contributed by atoms with Gasteiger partial charge >= 0.3 is 6.03 Å². The molecule has 0 bridgehead atoms. The molecular formula is C15H18N6O3. The lowest BCUT2D eigenvalue weighted by Gasteiger charge is -2.23. The van der Waals surface area contributed by atoms with Crippen LogP contribution in [0.1, 0.15) is 23.4 Å². The highest BCUT2D eigenvalue weighted by atomic mass is 16.6. The van der Waals surface area contributed by atoms with Gasteiger partial charge in [0.15, 0.2) is 0 Å². The summed E-state index contributed by atoms with van der Waals surface area (Å²) in [6, 6.07) is 2.72. The summed E-state index contributed by atoms with van der Waals surface area (Å²) in [5.41, 5.74) is 1.76. The third-order valence-corrected chi connectivity index (χ3v) is 4.13. The van der Waals surface area contributed by atoms with Crippen molar-refractivity contribution in [3.63, 3.8) is 0 Å². The predicted molar refractivity (Wildman–Crippen MR) is 86.9 cm³/mol. The van der Waals surface area contributed by atoms with Gasteiger partial charge < -0.3 is 10.6 Å². The highest BCUT2D eigenvalue weighted by Crippen LogP contribution is 2.26. The van der Waals surface area contributed by atoms with E-state index in [0.29, 0.717) is 23.4 Å². The van der Waals surface area contributed by atoms with Gasteiger partial charge in [-0.1, -0.05) is 0 Å². The van der Waals surface area contributed by atoms with Gasteiger partial charge in [-0.05, 0) is 31.9 Å². The van der Waals surface area contributed by atoms with Crippen molar-refractivity contribution >= 4 is 17.4 Å². The minimum absolute atomic E-state index is 0.0290. The summed E-state index contributed by atoms with van der Waals surface area (Å²) in [6.45, 7) is 3.96. The molecular weight excluding hydrogens is 312 g/mol. The number of urea groups is 1. The minimum atomic E-state index is -0.427. The average molecular weight is 330 g/mol. The zero-order valence-corrected chi connectivity index (χ0v) is 13.4. The third kappa shape index (κ3) is 3.19. The topological polar surface area (TPSA) is 115 Å². The number of carbonyl (C=O) groups excluding carboxylic acids is 1. The van der Waals surface area contributed by atoms with E-state index in [1.165, 1.54) is 12.4 Å². The van der Waals surface area contributed by atoms with Crippen LogP contribution in [0.4, 0.5) is 16.2 Å². The molecule has 0 spiro atoms. The maximum Gasteiger partial charge on any atom is 0.319 e. The highest BCUT2D eigenvalue weighted by molar-refractivity contribution is 5.90. The number of anilines is 1. The number of nitrogens with zero attached hydrogens (tertiary/aromatic N) is 4.